The molecule has 0 saturated heterocycles. The summed E-state index contributed by atoms with van der Waals surface area (Å²) in [5.41, 5.74) is 0. The molecule has 66 valence electrons. The van der Waals surface area contributed by atoms with Gasteiger partial charge in [0.15, 0.2) is 0 Å². The Morgan fingerprint density at radius 2 is 2.58 bits per heavy atom. The summed E-state index contributed by atoms with van der Waals surface area (Å²) >= 11 is 4.62. The summed E-state index contributed by atoms with van der Waals surface area (Å²) in [6.45, 7) is 1.84. The standard InChI is InChI=1S/C7H8BrNO2S/c1-2-4(7(10)11)6-9-3-5(8)12-6/h3-4H,2H2,1H3,(H,10,11). The number of aliphatic carboxylic acids is 1. The molecule has 0 aliphatic carbocycles. The molecule has 0 radical (unpaired) electrons. The fourth-order valence-electron chi connectivity index (χ4n) is 0.883. The third-order valence-electron chi connectivity index (χ3n) is 1.50. The number of rotatable bonds is 3. The minimum atomic E-state index is -0.806. The molecule has 0 spiro atoms. The maximum Gasteiger partial charge on any atom is 0.313 e. The average molecular weight is 250 g/mol. The van der Waals surface area contributed by atoms with Crippen LogP contribution < -0.4 is 0 Å². The second-order valence-electron chi connectivity index (χ2n) is 2.30. The number of hydrogen-bond acceptors (Lipinski definition) is 3. The van der Waals surface area contributed by atoms with Gasteiger partial charge < -0.3 is 5.11 Å². The molecule has 0 aliphatic rings. The lowest BCUT2D eigenvalue weighted by molar-refractivity contribution is -0.138. The first-order valence-electron chi connectivity index (χ1n) is 3.49. The second kappa shape index (κ2) is 4.00. The number of hydrogen-bond donors (Lipinski definition) is 1. The first kappa shape index (κ1) is 9.67. The van der Waals surface area contributed by atoms with E-state index in [2.05, 4.69) is 20.9 Å². The summed E-state index contributed by atoms with van der Waals surface area (Å²) in [5.74, 6) is -1.26. The van der Waals surface area contributed by atoms with Crippen molar-refractivity contribution < 1.29 is 9.90 Å². The molecule has 0 bridgehead atoms. The van der Waals surface area contributed by atoms with Gasteiger partial charge in [0.2, 0.25) is 0 Å². The van der Waals surface area contributed by atoms with Crippen molar-refractivity contribution in [3.05, 3.63) is 15.0 Å². The molecule has 3 nitrogen and oxygen atoms in total. The number of halogens is 1. The Morgan fingerprint density at radius 1 is 1.92 bits per heavy atom. The van der Waals surface area contributed by atoms with Crippen molar-refractivity contribution in [3.63, 3.8) is 0 Å². The fourth-order valence-corrected chi connectivity index (χ4v) is 2.30. The Bertz CT molecular complexity index is 287. The molecule has 0 fully saturated rings. The van der Waals surface area contributed by atoms with Crippen LogP contribution in [-0.4, -0.2) is 16.1 Å². The van der Waals surface area contributed by atoms with E-state index in [1.54, 1.807) is 6.20 Å². The van der Waals surface area contributed by atoms with Crippen LogP contribution in [-0.2, 0) is 4.79 Å². The molecular weight excluding hydrogens is 242 g/mol. The molecule has 1 rings (SSSR count). The van der Waals surface area contributed by atoms with Crippen molar-refractivity contribution in [2.24, 2.45) is 0 Å². The molecule has 5 heteroatoms. The number of nitrogens with zero attached hydrogens (tertiary/aromatic N) is 1. The van der Waals surface area contributed by atoms with Gasteiger partial charge in [-0.25, -0.2) is 4.98 Å². The largest absolute Gasteiger partial charge is 0.481 e. The predicted molar refractivity (Wildman–Crippen MR) is 50.5 cm³/mol. The summed E-state index contributed by atoms with van der Waals surface area (Å²) < 4.78 is 0.872. The molecular formula is C7H8BrNO2S. The molecule has 1 N–H and O–H groups in total. The van der Waals surface area contributed by atoms with E-state index in [-0.39, 0.29) is 0 Å². The Hall–Kier alpha value is -0.420. The summed E-state index contributed by atoms with van der Waals surface area (Å²) in [5, 5.41) is 9.45. The first-order chi connectivity index (χ1) is 5.65. The summed E-state index contributed by atoms with van der Waals surface area (Å²) in [7, 11) is 0. The predicted octanol–water partition coefficient (Wildman–Crippen LogP) is 2.48. The van der Waals surface area contributed by atoms with Gasteiger partial charge in [-0.3, -0.25) is 4.79 Å². The average Bonchev–Trinajstić information content (AvgIpc) is 2.37. The lowest BCUT2D eigenvalue weighted by atomic mass is 10.1. The normalized spacial score (nSPS) is 12.8. The molecule has 0 saturated carbocycles. The number of thiazole rings is 1. The number of carbonyl (C=O) groups is 1. The molecule has 0 aliphatic heterocycles. The van der Waals surface area contributed by atoms with E-state index in [9.17, 15) is 4.79 Å². The van der Waals surface area contributed by atoms with Gasteiger partial charge in [-0.05, 0) is 22.4 Å². The third kappa shape index (κ3) is 2.04. The zero-order valence-corrected chi connectivity index (χ0v) is 8.85. The van der Waals surface area contributed by atoms with Crippen LogP contribution >= 0.6 is 27.3 Å². The third-order valence-corrected chi connectivity index (χ3v) is 3.09. The van der Waals surface area contributed by atoms with Gasteiger partial charge in [0.05, 0.1) is 9.98 Å². The summed E-state index contributed by atoms with van der Waals surface area (Å²) in [4.78, 5) is 14.7. The van der Waals surface area contributed by atoms with Gasteiger partial charge in [-0.2, -0.15) is 0 Å². The molecule has 1 unspecified atom stereocenters. The first-order valence-corrected chi connectivity index (χ1v) is 5.10. The van der Waals surface area contributed by atoms with Crippen LogP contribution in [0.15, 0.2) is 9.98 Å². The fraction of sp³-hybridized carbons (Fsp3) is 0.429. The van der Waals surface area contributed by atoms with E-state index >= 15 is 0 Å². The maximum absolute atomic E-state index is 10.7. The van der Waals surface area contributed by atoms with Crippen LogP contribution in [0.4, 0.5) is 0 Å². The van der Waals surface area contributed by atoms with Gasteiger partial charge >= 0.3 is 5.97 Å². The highest BCUT2D eigenvalue weighted by Crippen LogP contribution is 2.27. The van der Waals surface area contributed by atoms with Gasteiger partial charge in [-0.15, -0.1) is 11.3 Å². The Kier molecular flexibility index (Phi) is 3.22. The van der Waals surface area contributed by atoms with Gasteiger partial charge in [0.1, 0.15) is 10.9 Å². The van der Waals surface area contributed by atoms with Gasteiger partial charge in [-0.1, -0.05) is 6.92 Å². The van der Waals surface area contributed by atoms with Crippen molar-refractivity contribution in [1.82, 2.24) is 4.98 Å². The van der Waals surface area contributed by atoms with Crippen LogP contribution in [0.1, 0.15) is 24.3 Å². The van der Waals surface area contributed by atoms with Crippen molar-refractivity contribution in [2.75, 3.05) is 0 Å². The summed E-state index contributed by atoms with van der Waals surface area (Å²) in [6, 6.07) is 0. The van der Waals surface area contributed by atoms with E-state index in [1.165, 1.54) is 11.3 Å². The second-order valence-corrected chi connectivity index (χ2v) is 4.74. The van der Waals surface area contributed by atoms with Crippen LogP contribution in [0.3, 0.4) is 0 Å². The van der Waals surface area contributed by atoms with E-state index < -0.39 is 11.9 Å². The molecule has 0 amide bonds. The highest BCUT2D eigenvalue weighted by molar-refractivity contribution is 9.11. The Balaban J connectivity index is 2.87. The minimum Gasteiger partial charge on any atom is -0.481 e. The van der Waals surface area contributed by atoms with Crippen molar-refractivity contribution in [3.8, 4) is 0 Å². The van der Waals surface area contributed by atoms with Gasteiger partial charge in [0.25, 0.3) is 0 Å². The summed E-state index contributed by atoms with van der Waals surface area (Å²) in [6.07, 6.45) is 2.21. The lowest BCUT2D eigenvalue weighted by Gasteiger charge is -2.03. The molecule has 1 aromatic rings. The highest BCUT2D eigenvalue weighted by Gasteiger charge is 2.20. The number of aromatic nitrogens is 1. The smallest absolute Gasteiger partial charge is 0.313 e. The molecule has 1 aromatic heterocycles. The number of carboxylic acids is 1. The van der Waals surface area contributed by atoms with Gasteiger partial charge in [0, 0.05) is 0 Å². The SMILES string of the molecule is CCC(C(=O)O)c1ncc(Br)s1. The van der Waals surface area contributed by atoms with E-state index in [0.717, 1.165) is 3.79 Å². The van der Waals surface area contributed by atoms with Crippen LogP contribution in [0.2, 0.25) is 0 Å². The Morgan fingerprint density at radius 3 is 2.92 bits per heavy atom. The monoisotopic (exact) mass is 249 g/mol. The van der Waals surface area contributed by atoms with Crippen LogP contribution in [0.5, 0.6) is 0 Å². The quantitative estimate of drug-likeness (QED) is 0.896. The van der Waals surface area contributed by atoms with Crippen LogP contribution in [0.25, 0.3) is 0 Å². The molecule has 1 heterocycles. The highest BCUT2D eigenvalue weighted by atomic mass is 79.9. The minimum absolute atomic E-state index is 0.457. The lowest BCUT2D eigenvalue weighted by Crippen LogP contribution is -2.09. The maximum atomic E-state index is 10.7. The zero-order valence-electron chi connectivity index (χ0n) is 6.45. The molecule has 0 aromatic carbocycles. The Labute approximate surface area is 82.6 Å². The van der Waals surface area contributed by atoms with E-state index in [0.29, 0.717) is 11.4 Å². The van der Waals surface area contributed by atoms with E-state index in [1.807, 2.05) is 6.92 Å². The topological polar surface area (TPSA) is 50.2 Å². The number of carboxylic acid groups (broad SMARTS) is 1. The molecule has 1 atom stereocenters. The van der Waals surface area contributed by atoms with Crippen LogP contribution in [0, 0.1) is 0 Å². The van der Waals surface area contributed by atoms with Crippen molar-refractivity contribution >= 4 is 33.2 Å². The molecule has 12 heavy (non-hydrogen) atoms. The van der Waals surface area contributed by atoms with E-state index in [4.69, 9.17) is 5.11 Å². The van der Waals surface area contributed by atoms with Crippen molar-refractivity contribution in [2.45, 2.75) is 19.3 Å². The zero-order chi connectivity index (χ0) is 9.14. The van der Waals surface area contributed by atoms with Crippen molar-refractivity contribution in [1.29, 1.82) is 0 Å².